The van der Waals surface area contributed by atoms with Crippen LogP contribution in [-0.2, 0) is 16.0 Å². The van der Waals surface area contributed by atoms with Crippen molar-refractivity contribution in [1.29, 1.82) is 0 Å². The molecule has 0 heterocycles. The van der Waals surface area contributed by atoms with Crippen molar-refractivity contribution in [2.45, 2.75) is 33.6 Å². The van der Waals surface area contributed by atoms with Crippen molar-refractivity contribution in [2.75, 3.05) is 6.54 Å². The third-order valence-corrected chi connectivity index (χ3v) is 3.13. The lowest BCUT2D eigenvalue weighted by molar-refractivity contribution is -0.143. The van der Waals surface area contributed by atoms with E-state index in [0.29, 0.717) is 6.54 Å². The molecule has 4 nitrogen and oxygen atoms in total. The highest BCUT2D eigenvalue weighted by atomic mass is 16.4. The van der Waals surface area contributed by atoms with Crippen LogP contribution in [0.2, 0.25) is 0 Å². The normalized spacial score (nSPS) is 11.9. The summed E-state index contributed by atoms with van der Waals surface area (Å²) < 4.78 is 0. The van der Waals surface area contributed by atoms with E-state index in [1.807, 2.05) is 6.92 Å². The minimum absolute atomic E-state index is 0.0300. The molecule has 0 radical (unpaired) electrons. The average Bonchev–Trinajstić information content (AvgIpc) is 2.31. The van der Waals surface area contributed by atoms with Gasteiger partial charge in [-0.2, -0.15) is 0 Å². The topological polar surface area (TPSA) is 66.4 Å². The number of rotatable bonds is 6. The summed E-state index contributed by atoms with van der Waals surface area (Å²) in [5.74, 6) is -1.79. The summed E-state index contributed by atoms with van der Waals surface area (Å²) in [6.07, 6.45) is 0.793. The van der Waals surface area contributed by atoms with Crippen molar-refractivity contribution in [1.82, 2.24) is 5.32 Å². The van der Waals surface area contributed by atoms with Crippen LogP contribution in [0.3, 0.4) is 0 Å². The van der Waals surface area contributed by atoms with E-state index >= 15 is 0 Å². The summed E-state index contributed by atoms with van der Waals surface area (Å²) >= 11 is 0. The Hall–Kier alpha value is -1.84. The Morgan fingerprint density at radius 1 is 1.32 bits per heavy atom. The molecule has 2 N–H and O–H groups in total. The molecule has 0 spiro atoms. The van der Waals surface area contributed by atoms with E-state index in [0.717, 1.165) is 6.42 Å². The van der Waals surface area contributed by atoms with Crippen LogP contribution in [0.5, 0.6) is 0 Å². The predicted octanol–water partition coefficient (Wildman–Crippen LogP) is 2.07. The lowest BCUT2D eigenvalue weighted by Crippen LogP contribution is -2.29. The standard InChI is InChI=1S/C15H21NO3/c1-10-4-5-13(11(2)8-10)6-7-16-14(17)9-12(3)15(18)19/h4-5,8,12H,6-7,9H2,1-3H3,(H,16,17)(H,18,19). The van der Waals surface area contributed by atoms with E-state index in [1.165, 1.54) is 23.6 Å². The number of aryl methyl sites for hydroxylation is 2. The molecule has 19 heavy (non-hydrogen) atoms. The van der Waals surface area contributed by atoms with Crippen molar-refractivity contribution >= 4 is 11.9 Å². The fraction of sp³-hybridized carbons (Fsp3) is 0.467. The van der Waals surface area contributed by atoms with Crippen LogP contribution in [0.25, 0.3) is 0 Å². The highest BCUT2D eigenvalue weighted by molar-refractivity contribution is 5.81. The Kier molecular flexibility index (Phi) is 5.55. The van der Waals surface area contributed by atoms with Gasteiger partial charge in [0.25, 0.3) is 0 Å². The summed E-state index contributed by atoms with van der Waals surface area (Å²) in [5.41, 5.74) is 3.64. The Bertz CT molecular complexity index is 468. The van der Waals surface area contributed by atoms with Gasteiger partial charge in [-0.25, -0.2) is 0 Å². The largest absolute Gasteiger partial charge is 0.481 e. The Balaban J connectivity index is 2.38. The maximum Gasteiger partial charge on any atom is 0.306 e. The maximum absolute atomic E-state index is 11.5. The quantitative estimate of drug-likeness (QED) is 0.825. The second-order valence-electron chi connectivity index (χ2n) is 4.97. The van der Waals surface area contributed by atoms with Gasteiger partial charge in [0.05, 0.1) is 5.92 Å². The SMILES string of the molecule is Cc1ccc(CCNC(=O)CC(C)C(=O)O)c(C)c1. The minimum atomic E-state index is -0.940. The van der Waals surface area contributed by atoms with Crippen molar-refractivity contribution in [2.24, 2.45) is 5.92 Å². The molecule has 1 amide bonds. The first-order valence-electron chi connectivity index (χ1n) is 6.45. The van der Waals surface area contributed by atoms with Crippen LogP contribution in [0.1, 0.15) is 30.0 Å². The summed E-state index contributed by atoms with van der Waals surface area (Å²) in [7, 11) is 0. The van der Waals surface area contributed by atoms with Crippen molar-refractivity contribution in [3.05, 3.63) is 34.9 Å². The number of hydrogen-bond acceptors (Lipinski definition) is 2. The van der Waals surface area contributed by atoms with Gasteiger partial charge in [0.2, 0.25) is 5.91 Å². The van der Waals surface area contributed by atoms with Crippen molar-refractivity contribution < 1.29 is 14.7 Å². The molecule has 0 aliphatic carbocycles. The minimum Gasteiger partial charge on any atom is -0.481 e. The lowest BCUT2D eigenvalue weighted by Gasteiger charge is -2.09. The van der Waals surface area contributed by atoms with Gasteiger partial charge >= 0.3 is 5.97 Å². The first kappa shape index (κ1) is 15.2. The highest BCUT2D eigenvalue weighted by Gasteiger charge is 2.15. The number of nitrogens with one attached hydrogen (secondary N) is 1. The molecule has 0 bridgehead atoms. The van der Waals surface area contributed by atoms with Crippen LogP contribution < -0.4 is 5.32 Å². The molecule has 0 saturated heterocycles. The number of carbonyl (C=O) groups excluding carboxylic acids is 1. The monoisotopic (exact) mass is 263 g/mol. The third-order valence-electron chi connectivity index (χ3n) is 3.13. The zero-order chi connectivity index (χ0) is 14.4. The fourth-order valence-electron chi connectivity index (χ4n) is 1.90. The number of carboxylic acids is 1. The molecule has 0 fully saturated rings. The van der Waals surface area contributed by atoms with Gasteiger partial charge in [-0.05, 0) is 31.4 Å². The smallest absolute Gasteiger partial charge is 0.306 e. The second-order valence-corrected chi connectivity index (χ2v) is 4.97. The summed E-state index contributed by atoms with van der Waals surface area (Å²) in [6, 6.07) is 6.23. The molecule has 4 heteroatoms. The van der Waals surface area contributed by atoms with Gasteiger partial charge in [-0.3, -0.25) is 9.59 Å². The highest BCUT2D eigenvalue weighted by Crippen LogP contribution is 2.10. The van der Waals surface area contributed by atoms with Crippen LogP contribution in [0.4, 0.5) is 0 Å². The van der Waals surface area contributed by atoms with E-state index in [4.69, 9.17) is 5.11 Å². The first-order valence-corrected chi connectivity index (χ1v) is 6.45. The van der Waals surface area contributed by atoms with Gasteiger partial charge < -0.3 is 10.4 Å². The van der Waals surface area contributed by atoms with Gasteiger partial charge in [-0.1, -0.05) is 30.7 Å². The lowest BCUT2D eigenvalue weighted by atomic mass is 10.0. The molecule has 0 saturated carbocycles. The molecule has 0 aliphatic rings. The molecule has 0 aliphatic heterocycles. The average molecular weight is 263 g/mol. The van der Waals surface area contributed by atoms with E-state index in [1.54, 1.807) is 0 Å². The third kappa shape index (κ3) is 5.12. The van der Waals surface area contributed by atoms with E-state index < -0.39 is 11.9 Å². The molecular formula is C15H21NO3. The van der Waals surface area contributed by atoms with Gasteiger partial charge in [0, 0.05) is 13.0 Å². The van der Waals surface area contributed by atoms with Crippen LogP contribution in [0, 0.1) is 19.8 Å². The number of carbonyl (C=O) groups is 2. The van der Waals surface area contributed by atoms with E-state index in [9.17, 15) is 9.59 Å². The van der Waals surface area contributed by atoms with Crippen molar-refractivity contribution in [3.8, 4) is 0 Å². The molecule has 1 atom stereocenters. The van der Waals surface area contributed by atoms with E-state index in [2.05, 4.69) is 30.4 Å². The summed E-state index contributed by atoms with van der Waals surface area (Å²) in [5, 5.41) is 11.5. The maximum atomic E-state index is 11.5. The van der Waals surface area contributed by atoms with Crippen LogP contribution >= 0.6 is 0 Å². The Morgan fingerprint density at radius 2 is 2.00 bits per heavy atom. The van der Waals surface area contributed by atoms with E-state index in [-0.39, 0.29) is 12.3 Å². The first-order chi connectivity index (χ1) is 8.90. The summed E-state index contributed by atoms with van der Waals surface area (Å²) in [4.78, 5) is 22.1. The van der Waals surface area contributed by atoms with Gasteiger partial charge in [0.1, 0.15) is 0 Å². The number of aliphatic carboxylic acids is 1. The molecular weight excluding hydrogens is 242 g/mol. The fourth-order valence-corrected chi connectivity index (χ4v) is 1.90. The zero-order valence-corrected chi connectivity index (χ0v) is 11.7. The molecule has 0 aromatic heterocycles. The molecule has 1 unspecified atom stereocenters. The van der Waals surface area contributed by atoms with Crippen LogP contribution in [-0.4, -0.2) is 23.5 Å². The zero-order valence-electron chi connectivity index (χ0n) is 11.7. The summed E-state index contributed by atoms with van der Waals surface area (Å²) in [6.45, 7) is 6.17. The second kappa shape index (κ2) is 6.92. The number of benzene rings is 1. The number of hydrogen-bond donors (Lipinski definition) is 2. The van der Waals surface area contributed by atoms with Crippen LogP contribution in [0.15, 0.2) is 18.2 Å². The Morgan fingerprint density at radius 3 is 2.58 bits per heavy atom. The number of amides is 1. The van der Waals surface area contributed by atoms with Crippen molar-refractivity contribution in [3.63, 3.8) is 0 Å². The van der Waals surface area contributed by atoms with Gasteiger partial charge in [-0.15, -0.1) is 0 Å². The molecule has 1 aromatic rings. The Labute approximate surface area is 113 Å². The van der Waals surface area contributed by atoms with Gasteiger partial charge in [0.15, 0.2) is 0 Å². The predicted molar refractivity (Wildman–Crippen MR) is 74.0 cm³/mol. The number of carboxylic acid groups (broad SMARTS) is 1. The molecule has 1 aromatic carbocycles. The molecule has 104 valence electrons. The molecule has 1 rings (SSSR count).